The van der Waals surface area contributed by atoms with E-state index >= 15 is 0 Å². The van der Waals surface area contributed by atoms with Crippen LogP contribution in [0.15, 0.2) is 67.1 Å². The van der Waals surface area contributed by atoms with Gasteiger partial charge in [-0.2, -0.15) is 5.10 Å². The molecule has 0 aliphatic carbocycles. The molecule has 0 radical (unpaired) electrons. The summed E-state index contributed by atoms with van der Waals surface area (Å²) in [7, 11) is 0. The number of carbonyl (C=O) groups is 1. The summed E-state index contributed by atoms with van der Waals surface area (Å²) in [5.41, 5.74) is 2.08. The monoisotopic (exact) mass is 303 g/mol. The van der Waals surface area contributed by atoms with Crippen molar-refractivity contribution in [2.24, 2.45) is 0 Å². The molecule has 0 saturated heterocycles. The highest BCUT2D eigenvalue weighted by Crippen LogP contribution is 2.16. The lowest BCUT2D eigenvalue weighted by atomic mass is 10.2. The van der Waals surface area contributed by atoms with Crippen LogP contribution < -0.4 is 5.32 Å². The number of para-hydroxylation sites is 1. The lowest BCUT2D eigenvalue weighted by Gasteiger charge is -2.05. The number of aromatic nitrogens is 4. The van der Waals surface area contributed by atoms with Crippen molar-refractivity contribution in [2.45, 2.75) is 0 Å². The van der Waals surface area contributed by atoms with E-state index < -0.39 is 0 Å². The molecule has 4 rings (SSSR count). The Morgan fingerprint density at radius 3 is 2.78 bits per heavy atom. The van der Waals surface area contributed by atoms with Gasteiger partial charge in [0.05, 0.1) is 11.9 Å². The molecule has 0 fully saturated rings. The molecule has 6 heteroatoms. The third-order valence-corrected chi connectivity index (χ3v) is 3.52. The molecule has 0 unspecified atom stereocenters. The van der Waals surface area contributed by atoms with Gasteiger partial charge in [0, 0.05) is 23.3 Å². The van der Waals surface area contributed by atoms with Gasteiger partial charge in [-0.1, -0.05) is 18.2 Å². The minimum atomic E-state index is -0.199. The van der Waals surface area contributed by atoms with Gasteiger partial charge in [0.25, 0.3) is 5.91 Å². The molecule has 1 aromatic carbocycles. The van der Waals surface area contributed by atoms with Crippen LogP contribution in [0.3, 0.4) is 0 Å². The van der Waals surface area contributed by atoms with Gasteiger partial charge in [0.15, 0.2) is 5.82 Å². The maximum atomic E-state index is 12.3. The van der Waals surface area contributed by atoms with Crippen LogP contribution in [0.2, 0.25) is 0 Å². The quantitative estimate of drug-likeness (QED) is 0.611. The van der Waals surface area contributed by atoms with Crippen LogP contribution in [-0.2, 0) is 0 Å². The standard InChI is InChI=1S/C17H13N5O/c23-17(15-10-12-4-1-2-5-14(12)21-15)20-13-6-7-16(18-11-13)22-9-3-8-19-22/h1-11,21H,(H,20,23). The number of nitrogens with one attached hydrogen (secondary N) is 2. The second-order valence-electron chi connectivity index (χ2n) is 5.08. The number of hydrogen-bond donors (Lipinski definition) is 2. The van der Waals surface area contributed by atoms with Crippen molar-refractivity contribution < 1.29 is 4.79 Å². The first kappa shape index (κ1) is 13.3. The molecule has 112 valence electrons. The Kier molecular flexibility index (Phi) is 3.12. The zero-order chi connectivity index (χ0) is 15.6. The average molecular weight is 303 g/mol. The minimum absolute atomic E-state index is 0.199. The second-order valence-corrected chi connectivity index (χ2v) is 5.08. The van der Waals surface area contributed by atoms with Gasteiger partial charge < -0.3 is 10.3 Å². The number of rotatable bonds is 3. The Morgan fingerprint density at radius 2 is 2.04 bits per heavy atom. The third-order valence-electron chi connectivity index (χ3n) is 3.52. The topological polar surface area (TPSA) is 75.6 Å². The van der Waals surface area contributed by atoms with Gasteiger partial charge in [0.1, 0.15) is 5.69 Å². The van der Waals surface area contributed by atoms with Crippen LogP contribution in [0, 0.1) is 0 Å². The summed E-state index contributed by atoms with van der Waals surface area (Å²) >= 11 is 0. The van der Waals surface area contributed by atoms with E-state index in [0.717, 1.165) is 10.9 Å². The van der Waals surface area contributed by atoms with Gasteiger partial charge in [-0.05, 0) is 30.3 Å². The van der Waals surface area contributed by atoms with Crippen molar-refractivity contribution >= 4 is 22.5 Å². The van der Waals surface area contributed by atoms with E-state index in [2.05, 4.69) is 20.4 Å². The number of anilines is 1. The van der Waals surface area contributed by atoms with Crippen molar-refractivity contribution in [3.63, 3.8) is 0 Å². The molecule has 4 aromatic rings. The van der Waals surface area contributed by atoms with E-state index in [1.165, 1.54) is 0 Å². The van der Waals surface area contributed by atoms with E-state index in [1.54, 1.807) is 29.2 Å². The van der Waals surface area contributed by atoms with Crippen LogP contribution in [0.25, 0.3) is 16.7 Å². The average Bonchev–Trinajstić information content (AvgIpc) is 3.25. The number of benzene rings is 1. The predicted molar refractivity (Wildman–Crippen MR) is 87.6 cm³/mol. The summed E-state index contributed by atoms with van der Waals surface area (Å²) in [6.07, 6.45) is 5.11. The first-order valence-electron chi connectivity index (χ1n) is 7.15. The molecule has 0 atom stereocenters. The van der Waals surface area contributed by atoms with Crippen LogP contribution in [0.1, 0.15) is 10.5 Å². The van der Waals surface area contributed by atoms with Crippen molar-refractivity contribution in [2.75, 3.05) is 5.32 Å². The summed E-state index contributed by atoms with van der Waals surface area (Å²) in [5.74, 6) is 0.494. The lowest BCUT2D eigenvalue weighted by molar-refractivity contribution is 0.102. The van der Waals surface area contributed by atoms with Crippen molar-refractivity contribution in [1.29, 1.82) is 0 Å². The lowest BCUT2D eigenvalue weighted by Crippen LogP contribution is -2.12. The normalized spacial score (nSPS) is 10.8. The maximum absolute atomic E-state index is 12.3. The van der Waals surface area contributed by atoms with E-state index in [9.17, 15) is 4.79 Å². The summed E-state index contributed by atoms with van der Waals surface area (Å²) in [6, 6.07) is 15.0. The number of aromatic amines is 1. The van der Waals surface area contributed by atoms with Crippen molar-refractivity contribution in [3.8, 4) is 5.82 Å². The summed E-state index contributed by atoms with van der Waals surface area (Å²) in [6.45, 7) is 0. The molecule has 2 N–H and O–H groups in total. The smallest absolute Gasteiger partial charge is 0.272 e. The van der Waals surface area contributed by atoms with Crippen LogP contribution >= 0.6 is 0 Å². The molecule has 1 amide bonds. The minimum Gasteiger partial charge on any atom is -0.351 e. The molecule has 0 aliphatic heterocycles. The molecule has 3 aromatic heterocycles. The number of pyridine rings is 1. The zero-order valence-corrected chi connectivity index (χ0v) is 12.1. The van der Waals surface area contributed by atoms with E-state index in [1.807, 2.05) is 42.6 Å². The van der Waals surface area contributed by atoms with E-state index in [-0.39, 0.29) is 5.91 Å². The molecular weight excluding hydrogens is 290 g/mol. The van der Waals surface area contributed by atoms with Gasteiger partial charge >= 0.3 is 0 Å². The van der Waals surface area contributed by atoms with E-state index in [4.69, 9.17) is 0 Å². The molecule has 0 bridgehead atoms. The Balaban J connectivity index is 1.54. The SMILES string of the molecule is O=C(Nc1ccc(-n2cccn2)nc1)c1cc2ccccc2[nH]1. The van der Waals surface area contributed by atoms with Gasteiger partial charge in [0.2, 0.25) is 0 Å². The largest absolute Gasteiger partial charge is 0.351 e. The highest BCUT2D eigenvalue weighted by Gasteiger charge is 2.10. The Labute approximate surface area is 131 Å². The van der Waals surface area contributed by atoms with Crippen molar-refractivity contribution in [3.05, 3.63) is 72.8 Å². The fraction of sp³-hybridized carbons (Fsp3) is 0. The number of carbonyl (C=O) groups excluding carboxylic acids is 1. The number of nitrogens with zero attached hydrogens (tertiary/aromatic N) is 3. The molecular formula is C17H13N5O. The summed E-state index contributed by atoms with van der Waals surface area (Å²) in [4.78, 5) is 19.7. The number of hydrogen-bond acceptors (Lipinski definition) is 3. The number of fused-ring (bicyclic) bond motifs is 1. The summed E-state index contributed by atoms with van der Waals surface area (Å²) in [5, 5.41) is 7.94. The summed E-state index contributed by atoms with van der Waals surface area (Å²) < 4.78 is 1.66. The molecule has 3 heterocycles. The Bertz CT molecular complexity index is 921. The third kappa shape index (κ3) is 2.57. The molecule has 6 nitrogen and oxygen atoms in total. The van der Waals surface area contributed by atoms with Gasteiger partial charge in [-0.15, -0.1) is 0 Å². The fourth-order valence-corrected chi connectivity index (χ4v) is 2.39. The maximum Gasteiger partial charge on any atom is 0.272 e. The fourth-order valence-electron chi connectivity index (χ4n) is 2.39. The van der Waals surface area contributed by atoms with Gasteiger partial charge in [-0.25, -0.2) is 9.67 Å². The first-order valence-corrected chi connectivity index (χ1v) is 7.15. The van der Waals surface area contributed by atoms with Crippen LogP contribution in [0.5, 0.6) is 0 Å². The van der Waals surface area contributed by atoms with Crippen LogP contribution in [-0.4, -0.2) is 25.7 Å². The number of amides is 1. The number of H-pyrrole nitrogens is 1. The molecule has 0 saturated carbocycles. The van der Waals surface area contributed by atoms with Crippen molar-refractivity contribution in [1.82, 2.24) is 19.7 Å². The van der Waals surface area contributed by atoms with Gasteiger partial charge in [-0.3, -0.25) is 4.79 Å². The molecule has 0 aliphatic rings. The van der Waals surface area contributed by atoms with Crippen LogP contribution in [0.4, 0.5) is 5.69 Å². The Hall–Kier alpha value is -3.41. The predicted octanol–water partition coefficient (Wildman–Crippen LogP) is 3.00. The second kappa shape index (κ2) is 5.42. The highest BCUT2D eigenvalue weighted by atomic mass is 16.1. The highest BCUT2D eigenvalue weighted by molar-refractivity contribution is 6.05. The molecule has 0 spiro atoms. The van der Waals surface area contributed by atoms with E-state index in [0.29, 0.717) is 17.2 Å². The Morgan fingerprint density at radius 1 is 1.13 bits per heavy atom. The first-order chi connectivity index (χ1) is 11.3. The zero-order valence-electron chi connectivity index (χ0n) is 12.1. The molecule has 23 heavy (non-hydrogen) atoms.